The fourth-order valence-electron chi connectivity index (χ4n) is 0. The SMILES string of the molecule is C=C[C-]=O.[Ag].[Cu+]. The number of carbonyl (C=O) groups excluding carboxylic acids is 1. The van der Waals surface area contributed by atoms with Crippen LogP contribution in [0.25, 0.3) is 0 Å². The van der Waals surface area contributed by atoms with Crippen LogP contribution in [-0.2, 0) is 44.2 Å². The predicted molar refractivity (Wildman–Crippen MR) is 15.9 cm³/mol. The Morgan fingerprint density at radius 2 is 1.83 bits per heavy atom. The van der Waals surface area contributed by atoms with E-state index in [2.05, 4.69) is 6.58 Å². The first-order chi connectivity index (χ1) is 1.91. The zero-order valence-electron chi connectivity index (χ0n) is 2.80. The van der Waals surface area contributed by atoms with E-state index in [1.807, 2.05) is 0 Å². The van der Waals surface area contributed by atoms with Gasteiger partial charge in [-0.25, -0.2) is 12.7 Å². The van der Waals surface area contributed by atoms with Gasteiger partial charge in [0, 0.05) is 22.4 Å². The molecule has 0 aliphatic rings. The molecule has 0 heterocycles. The Morgan fingerprint density at radius 3 is 1.83 bits per heavy atom. The maximum absolute atomic E-state index is 8.93. The summed E-state index contributed by atoms with van der Waals surface area (Å²) in [6, 6.07) is 0. The molecule has 0 aromatic carbocycles. The minimum atomic E-state index is 0. The van der Waals surface area contributed by atoms with Crippen molar-refractivity contribution in [3.8, 4) is 0 Å². The average Bonchev–Trinajstić information content (AvgIpc) is 1.37. The van der Waals surface area contributed by atoms with Gasteiger partial charge in [0.05, 0.1) is 0 Å². The molecule has 0 aromatic rings. The Balaban J connectivity index is -0.0000000450. The van der Waals surface area contributed by atoms with Crippen LogP contribution in [0.2, 0.25) is 0 Å². The normalized spacial score (nSPS) is 3.33. The molecule has 0 fully saturated rings. The quantitative estimate of drug-likeness (QED) is 0.357. The van der Waals surface area contributed by atoms with Crippen LogP contribution in [0.1, 0.15) is 0 Å². The third kappa shape index (κ3) is 22.6. The van der Waals surface area contributed by atoms with Gasteiger partial charge in [-0.15, -0.1) is 0 Å². The first-order valence-electron chi connectivity index (χ1n) is 0.901. The average molecular weight is 226 g/mol. The molecule has 0 aliphatic heterocycles. The Morgan fingerprint density at radius 1 is 1.67 bits per heavy atom. The van der Waals surface area contributed by atoms with Crippen LogP contribution in [-0.4, -0.2) is 6.29 Å². The summed E-state index contributed by atoms with van der Waals surface area (Å²) in [6.07, 6.45) is 2.51. The summed E-state index contributed by atoms with van der Waals surface area (Å²) >= 11 is 0. The van der Waals surface area contributed by atoms with Crippen molar-refractivity contribution < 1.29 is 44.2 Å². The molecule has 6 heavy (non-hydrogen) atoms. The molecule has 0 N–H and O–H groups in total. The van der Waals surface area contributed by atoms with Gasteiger partial charge in [-0.05, 0) is 6.29 Å². The van der Waals surface area contributed by atoms with Crippen molar-refractivity contribution in [3.63, 3.8) is 0 Å². The summed E-state index contributed by atoms with van der Waals surface area (Å²) in [5.74, 6) is 0. The molecular weight excluding hydrogens is 223 g/mol. The molecule has 0 unspecified atom stereocenters. The molecule has 3 heteroatoms. The third-order valence-electron chi connectivity index (χ3n) is 0.0833. The van der Waals surface area contributed by atoms with Crippen molar-refractivity contribution in [3.05, 3.63) is 12.7 Å². The zero-order valence-corrected chi connectivity index (χ0v) is 5.22. The maximum atomic E-state index is 8.93. The molecule has 0 aliphatic carbocycles. The monoisotopic (exact) mass is 225 g/mol. The van der Waals surface area contributed by atoms with Crippen LogP contribution in [0.15, 0.2) is 12.7 Å². The van der Waals surface area contributed by atoms with Crippen molar-refractivity contribution in [1.82, 2.24) is 0 Å². The molecule has 0 amide bonds. The molecular formula is C3H3AgCuO. The molecule has 0 saturated heterocycles. The van der Waals surface area contributed by atoms with E-state index in [1.54, 1.807) is 0 Å². The fraction of sp³-hybridized carbons (Fsp3) is 0. The van der Waals surface area contributed by atoms with Crippen LogP contribution in [0.3, 0.4) is 0 Å². The standard InChI is InChI=1S/C3H3O.Ag.Cu/c1-2-3-4;;/h2H,1H2;;/q-1;;+1. The topological polar surface area (TPSA) is 17.1 Å². The van der Waals surface area contributed by atoms with Gasteiger partial charge in [-0.3, -0.25) is 0 Å². The molecule has 0 aromatic heterocycles. The maximum Gasteiger partial charge on any atom is 1.00 e. The zero-order chi connectivity index (χ0) is 3.41. The van der Waals surface area contributed by atoms with Crippen molar-refractivity contribution in [1.29, 1.82) is 0 Å². The molecule has 1 radical (unpaired) electrons. The van der Waals surface area contributed by atoms with E-state index >= 15 is 0 Å². The smallest absolute Gasteiger partial charge is 0.419 e. The van der Waals surface area contributed by atoms with E-state index in [9.17, 15) is 0 Å². The van der Waals surface area contributed by atoms with Gasteiger partial charge in [0.1, 0.15) is 0 Å². The Bertz CT molecular complexity index is 31.8. The Labute approximate surface area is 63.2 Å². The summed E-state index contributed by atoms with van der Waals surface area (Å²) in [5, 5.41) is 0. The number of allylic oxidation sites excluding steroid dienone is 1. The molecule has 0 bridgehead atoms. The van der Waals surface area contributed by atoms with Crippen molar-refractivity contribution >= 4 is 6.29 Å². The van der Waals surface area contributed by atoms with Gasteiger partial charge in [0.15, 0.2) is 0 Å². The van der Waals surface area contributed by atoms with Crippen molar-refractivity contribution in [2.24, 2.45) is 0 Å². The largest absolute Gasteiger partial charge is 1.00 e. The van der Waals surface area contributed by atoms with Crippen molar-refractivity contribution in [2.45, 2.75) is 0 Å². The third-order valence-corrected chi connectivity index (χ3v) is 0.0833. The molecule has 43 valence electrons. The van der Waals surface area contributed by atoms with Crippen LogP contribution in [0.4, 0.5) is 0 Å². The second-order valence-electron chi connectivity index (χ2n) is 0.322. The van der Waals surface area contributed by atoms with Gasteiger partial charge in [0.25, 0.3) is 0 Å². The van der Waals surface area contributed by atoms with E-state index < -0.39 is 0 Å². The summed E-state index contributed by atoms with van der Waals surface area (Å²) in [4.78, 5) is 8.93. The van der Waals surface area contributed by atoms with E-state index in [4.69, 9.17) is 4.79 Å². The van der Waals surface area contributed by atoms with E-state index in [0.29, 0.717) is 0 Å². The Hall–Kier alpha value is 0.670. The predicted octanol–water partition coefficient (Wildman–Crippen LogP) is 0.277. The summed E-state index contributed by atoms with van der Waals surface area (Å²) in [7, 11) is 0. The van der Waals surface area contributed by atoms with E-state index in [-0.39, 0.29) is 39.4 Å². The van der Waals surface area contributed by atoms with E-state index in [0.717, 1.165) is 6.08 Å². The molecule has 0 saturated carbocycles. The Kier molecular flexibility index (Phi) is 46.0. The van der Waals surface area contributed by atoms with Gasteiger partial charge >= 0.3 is 17.1 Å². The van der Waals surface area contributed by atoms with E-state index in [1.165, 1.54) is 6.29 Å². The summed E-state index contributed by atoms with van der Waals surface area (Å²) < 4.78 is 0. The number of rotatable bonds is 1. The summed E-state index contributed by atoms with van der Waals surface area (Å²) in [5.41, 5.74) is 0. The van der Waals surface area contributed by atoms with Crippen molar-refractivity contribution in [2.75, 3.05) is 0 Å². The van der Waals surface area contributed by atoms with Gasteiger partial charge < -0.3 is 4.79 Å². The first kappa shape index (κ1) is 15.9. The van der Waals surface area contributed by atoms with Crippen LogP contribution < -0.4 is 0 Å². The minimum Gasteiger partial charge on any atom is -0.419 e. The van der Waals surface area contributed by atoms with Crippen LogP contribution >= 0.6 is 0 Å². The summed E-state index contributed by atoms with van der Waals surface area (Å²) in [6.45, 7) is 3.06. The fourth-order valence-corrected chi connectivity index (χ4v) is 0. The second-order valence-corrected chi connectivity index (χ2v) is 0.322. The molecule has 0 spiro atoms. The number of hydrogen-bond acceptors (Lipinski definition) is 1. The van der Waals surface area contributed by atoms with Gasteiger partial charge in [-0.1, -0.05) is 0 Å². The van der Waals surface area contributed by atoms with Crippen LogP contribution in [0.5, 0.6) is 0 Å². The minimum absolute atomic E-state index is 0. The first-order valence-corrected chi connectivity index (χ1v) is 0.901. The van der Waals surface area contributed by atoms with Crippen LogP contribution in [0, 0.1) is 0 Å². The molecule has 0 rings (SSSR count). The molecule has 0 atom stereocenters. The molecule has 1 nitrogen and oxygen atoms in total. The number of hydrogen-bond donors (Lipinski definition) is 0. The second kappa shape index (κ2) is 17.3. The van der Waals surface area contributed by atoms with Gasteiger partial charge in [-0.2, -0.15) is 0 Å². The van der Waals surface area contributed by atoms with Gasteiger partial charge in [0.2, 0.25) is 0 Å².